The minimum Gasteiger partial charge on any atom is -0.302 e. The third-order valence-electron chi connectivity index (χ3n) is 4.13. The summed E-state index contributed by atoms with van der Waals surface area (Å²) < 4.78 is 0. The Morgan fingerprint density at radius 2 is 1.88 bits per heavy atom. The van der Waals surface area contributed by atoms with Gasteiger partial charge in [0, 0.05) is 25.6 Å². The molecule has 0 N–H and O–H groups in total. The topological polar surface area (TPSA) is 3.24 Å². The second kappa shape index (κ2) is 4.21. The Morgan fingerprint density at radius 1 is 1.12 bits per heavy atom. The van der Waals surface area contributed by atoms with Crippen molar-refractivity contribution in [1.29, 1.82) is 0 Å². The molecule has 1 aliphatic heterocycles. The van der Waals surface area contributed by atoms with Crippen molar-refractivity contribution in [3.8, 4) is 0 Å². The first-order chi connectivity index (χ1) is 7.83. The highest BCUT2D eigenvalue weighted by Gasteiger charge is 2.33. The zero-order chi connectivity index (χ0) is 11.0. The molecule has 2 aliphatic rings. The van der Waals surface area contributed by atoms with Crippen molar-refractivity contribution in [2.24, 2.45) is 11.8 Å². The summed E-state index contributed by atoms with van der Waals surface area (Å²) in [5.74, 6) is 2.61. The molecular formula is C15H21N. The van der Waals surface area contributed by atoms with Crippen LogP contribution in [0.3, 0.4) is 0 Å². The average molecular weight is 215 g/mol. The van der Waals surface area contributed by atoms with Crippen molar-refractivity contribution in [2.45, 2.75) is 25.7 Å². The molecule has 1 aromatic rings. The molecule has 1 aliphatic carbocycles. The van der Waals surface area contributed by atoms with Crippen LogP contribution in [-0.2, 0) is 0 Å². The second-order valence-corrected chi connectivity index (χ2v) is 5.66. The molecule has 0 unspecified atom stereocenters. The van der Waals surface area contributed by atoms with E-state index >= 15 is 0 Å². The van der Waals surface area contributed by atoms with Gasteiger partial charge in [-0.15, -0.1) is 0 Å². The lowest BCUT2D eigenvalue weighted by atomic mass is 9.90. The monoisotopic (exact) mass is 215 g/mol. The fourth-order valence-corrected chi connectivity index (χ4v) is 3.02. The van der Waals surface area contributed by atoms with Crippen molar-refractivity contribution in [1.82, 2.24) is 4.90 Å². The van der Waals surface area contributed by atoms with Gasteiger partial charge in [0.25, 0.3) is 0 Å². The molecule has 16 heavy (non-hydrogen) atoms. The van der Waals surface area contributed by atoms with Crippen molar-refractivity contribution in [3.05, 3.63) is 35.9 Å². The summed E-state index contributed by atoms with van der Waals surface area (Å²) in [4.78, 5) is 2.68. The maximum Gasteiger partial charge on any atom is 0.00535 e. The average Bonchev–Trinajstić information content (AvgIpc) is 3.03. The molecular weight excluding hydrogens is 194 g/mol. The third kappa shape index (κ3) is 2.15. The molecule has 0 spiro atoms. The first-order valence-corrected chi connectivity index (χ1v) is 6.60. The van der Waals surface area contributed by atoms with E-state index < -0.39 is 0 Å². The Hall–Kier alpha value is -0.820. The standard InChI is InChI=1S/C15H21N/c1-12-9-16(10-13-7-8-13)11-15(12)14-5-3-2-4-6-14/h2-6,12-13,15H,7-11H2,1H3/t12-,15-/m0/s1. The van der Waals surface area contributed by atoms with Crippen LogP contribution >= 0.6 is 0 Å². The van der Waals surface area contributed by atoms with E-state index in [1.54, 1.807) is 0 Å². The maximum absolute atomic E-state index is 2.68. The quantitative estimate of drug-likeness (QED) is 0.748. The van der Waals surface area contributed by atoms with Crippen LogP contribution in [0, 0.1) is 11.8 Å². The zero-order valence-electron chi connectivity index (χ0n) is 10.1. The van der Waals surface area contributed by atoms with Gasteiger partial charge in [0.15, 0.2) is 0 Å². The number of hydrogen-bond acceptors (Lipinski definition) is 1. The van der Waals surface area contributed by atoms with Crippen LogP contribution < -0.4 is 0 Å². The van der Waals surface area contributed by atoms with E-state index in [4.69, 9.17) is 0 Å². The fraction of sp³-hybridized carbons (Fsp3) is 0.600. The highest BCUT2D eigenvalue weighted by molar-refractivity contribution is 5.22. The Bertz CT molecular complexity index is 342. The summed E-state index contributed by atoms with van der Waals surface area (Å²) in [5, 5.41) is 0. The van der Waals surface area contributed by atoms with Gasteiger partial charge in [-0.25, -0.2) is 0 Å². The van der Waals surface area contributed by atoms with Gasteiger partial charge in [0.1, 0.15) is 0 Å². The van der Waals surface area contributed by atoms with Crippen molar-refractivity contribution in [2.75, 3.05) is 19.6 Å². The SMILES string of the molecule is C[C@H]1CN(CC2CC2)C[C@@H]1c1ccccc1. The Balaban J connectivity index is 1.67. The van der Waals surface area contributed by atoms with Crippen LogP contribution in [0.1, 0.15) is 31.2 Å². The molecule has 0 bridgehead atoms. The van der Waals surface area contributed by atoms with Gasteiger partial charge >= 0.3 is 0 Å². The summed E-state index contributed by atoms with van der Waals surface area (Å²) in [6, 6.07) is 11.0. The van der Waals surface area contributed by atoms with Crippen molar-refractivity contribution >= 4 is 0 Å². The van der Waals surface area contributed by atoms with Gasteiger partial charge in [-0.05, 0) is 30.2 Å². The van der Waals surface area contributed by atoms with E-state index in [0.29, 0.717) is 0 Å². The molecule has 1 nitrogen and oxygen atoms in total. The van der Waals surface area contributed by atoms with E-state index in [9.17, 15) is 0 Å². The molecule has 2 fully saturated rings. The minimum absolute atomic E-state index is 0.764. The van der Waals surface area contributed by atoms with E-state index in [2.05, 4.69) is 42.2 Å². The van der Waals surface area contributed by atoms with E-state index in [0.717, 1.165) is 17.8 Å². The molecule has 0 amide bonds. The molecule has 1 heterocycles. The third-order valence-corrected chi connectivity index (χ3v) is 4.13. The minimum atomic E-state index is 0.764. The normalized spacial score (nSPS) is 30.8. The molecule has 0 aromatic heterocycles. The smallest absolute Gasteiger partial charge is 0.00535 e. The van der Waals surface area contributed by atoms with Crippen LogP contribution in [0.4, 0.5) is 0 Å². The number of nitrogens with zero attached hydrogens (tertiary/aromatic N) is 1. The zero-order valence-corrected chi connectivity index (χ0v) is 10.1. The predicted octanol–water partition coefficient (Wildman–Crippen LogP) is 3.13. The van der Waals surface area contributed by atoms with Gasteiger partial charge in [-0.2, -0.15) is 0 Å². The Kier molecular flexibility index (Phi) is 2.72. The highest BCUT2D eigenvalue weighted by Crippen LogP contribution is 2.36. The number of benzene rings is 1. The van der Waals surface area contributed by atoms with Gasteiger partial charge in [-0.3, -0.25) is 0 Å². The second-order valence-electron chi connectivity index (χ2n) is 5.66. The molecule has 2 atom stereocenters. The Labute approximate surface area is 98.5 Å². The van der Waals surface area contributed by atoms with Gasteiger partial charge < -0.3 is 4.90 Å². The first-order valence-electron chi connectivity index (χ1n) is 6.60. The lowest BCUT2D eigenvalue weighted by Crippen LogP contribution is -2.23. The fourth-order valence-electron chi connectivity index (χ4n) is 3.02. The number of hydrogen-bond donors (Lipinski definition) is 0. The molecule has 1 heteroatoms. The molecule has 0 radical (unpaired) electrons. The van der Waals surface area contributed by atoms with Gasteiger partial charge in [0.05, 0.1) is 0 Å². The van der Waals surface area contributed by atoms with Crippen molar-refractivity contribution < 1.29 is 0 Å². The largest absolute Gasteiger partial charge is 0.302 e. The van der Waals surface area contributed by atoms with Gasteiger partial charge in [0.2, 0.25) is 0 Å². The highest BCUT2D eigenvalue weighted by atomic mass is 15.2. The van der Waals surface area contributed by atoms with Crippen LogP contribution in [0.25, 0.3) is 0 Å². The first kappa shape index (κ1) is 10.3. The summed E-state index contributed by atoms with van der Waals surface area (Å²) in [6.45, 7) is 6.34. The molecule has 86 valence electrons. The molecule has 1 aromatic carbocycles. The molecule has 1 saturated carbocycles. The van der Waals surface area contributed by atoms with Crippen LogP contribution in [0.2, 0.25) is 0 Å². The summed E-state index contributed by atoms with van der Waals surface area (Å²) >= 11 is 0. The van der Waals surface area contributed by atoms with E-state index in [-0.39, 0.29) is 0 Å². The number of likely N-dealkylation sites (tertiary alicyclic amines) is 1. The maximum atomic E-state index is 2.68. The summed E-state index contributed by atoms with van der Waals surface area (Å²) in [7, 11) is 0. The molecule has 1 saturated heterocycles. The molecule has 3 rings (SSSR count). The van der Waals surface area contributed by atoms with Crippen molar-refractivity contribution in [3.63, 3.8) is 0 Å². The lowest BCUT2D eigenvalue weighted by Gasteiger charge is -2.15. The summed E-state index contributed by atoms with van der Waals surface area (Å²) in [6.07, 6.45) is 2.95. The van der Waals surface area contributed by atoms with Gasteiger partial charge in [-0.1, -0.05) is 37.3 Å². The number of rotatable bonds is 3. The van der Waals surface area contributed by atoms with Crippen LogP contribution in [-0.4, -0.2) is 24.5 Å². The van der Waals surface area contributed by atoms with E-state index in [1.807, 2.05) is 0 Å². The predicted molar refractivity (Wildman–Crippen MR) is 67.5 cm³/mol. The van der Waals surface area contributed by atoms with Crippen LogP contribution in [0.5, 0.6) is 0 Å². The van der Waals surface area contributed by atoms with Crippen LogP contribution in [0.15, 0.2) is 30.3 Å². The van der Waals surface area contributed by atoms with E-state index in [1.165, 1.54) is 38.0 Å². The lowest BCUT2D eigenvalue weighted by molar-refractivity contribution is 0.313. The Morgan fingerprint density at radius 3 is 2.56 bits per heavy atom. The summed E-state index contributed by atoms with van der Waals surface area (Å²) in [5.41, 5.74) is 1.54.